The fraction of sp³-hybridized carbons (Fsp3) is 0.286. The summed E-state index contributed by atoms with van der Waals surface area (Å²) in [5, 5.41) is 0.722. The first-order chi connectivity index (χ1) is 6.40. The fourth-order valence-corrected chi connectivity index (χ4v) is 1.69. The number of fused-ring (bicyclic) bond motifs is 1. The number of thioether (sulfide) groups is 1. The van der Waals surface area contributed by atoms with Crippen LogP contribution in [0, 0.1) is 0 Å². The molecule has 0 saturated heterocycles. The zero-order valence-corrected chi connectivity index (χ0v) is 8.27. The summed E-state index contributed by atoms with van der Waals surface area (Å²) in [6.07, 6.45) is 3.33. The highest BCUT2D eigenvalue weighted by Gasteiger charge is 2.01. The van der Waals surface area contributed by atoms with E-state index in [9.17, 15) is 0 Å². The number of rotatable bonds is 3. The van der Waals surface area contributed by atoms with Crippen molar-refractivity contribution in [2.75, 3.05) is 11.6 Å². The van der Waals surface area contributed by atoms with Crippen molar-refractivity contribution in [3.05, 3.63) is 12.5 Å². The van der Waals surface area contributed by atoms with E-state index in [0.717, 1.165) is 16.4 Å². The maximum absolute atomic E-state index is 5.55. The first-order valence-electron chi connectivity index (χ1n) is 3.75. The molecule has 13 heavy (non-hydrogen) atoms. The average molecular weight is 215 g/mol. The quantitative estimate of drug-likeness (QED) is 0.480. The Kier molecular flexibility index (Phi) is 2.65. The number of nitrogens with zero attached hydrogens (tertiary/aromatic N) is 3. The molecule has 0 fully saturated rings. The smallest absolute Gasteiger partial charge is 0.189 e. The monoisotopic (exact) mass is 214 g/mol. The SMILES string of the molecule is ClCCSc1ncc2[nH]cnc2n1. The van der Waals surface area contributed by atoms with Crippen LogP contribution in [0.5, 0.6) is 0 Å². The Labute approximate surface area is 84.1 Å². The molecule has 0 aromatic carbocycles. The van der Waals surface area contributed by atoms with Gasteiger partial charge in [-0.1, -0.05) is 11.8 Å². The van der Waals surface area contributed by atoms with Crippen LogP contribution in [0.4, 0.5) is 0 Å². The molecule has 0 atom stereocenters. The Bertz CT molecular complexity index is 402. The van der Waals surface area contributed by atoms with Gasteiger partial charge in [-0.25, -0.2) is 15.0 Å². The second-order valence-corrected chi connectivity index (χ2v) is 3.77. The molecule has 0 amide bonds. The number of aromatic amines is 1. The summed E-state index contributed by atoms with van der Waals surface area (Å²) < 4.78 is 0. The van der Waals surface area contributed by atoms with E-state index in [2.05, 4.69) is 19.9 Å². The first kappa shape index (κ1) is 8.77. The zero-order valence-electron chi connectivity index (χ0n) is 6.70. The van der Waals surface area contributed by atoms with Gasteiger partial charge in [0.1, 0.15) is 5.52 Å². The van der Waals surface area contributed by atoms with Crippen molar-refractivity contribution in [3.63, 3.8) is 0 Å². The summed E-state index contributed by atoms with van der Waals surface area (Å²) >= 11 is 7.08. The number of halogens is 1. The van der Waals surface area contributed by atoms with Crippen LogP contribution < -0.4 is 0 Å². The minimum absolute atomic E-state index is 0.604. The molecular weight excluding hydrogens is 208 g/mol. The third-order valence-corrected chi connectivity index (χ3v) is 2.74. The van der Waals surface area contributed by atoms with Crippen molar-refractivity contribution in [2.45, 2.75) is 5.16 Å². The number of imidazole rings is 1. The van der Waals surface area contributed by atoms with Gasteiger partial charge in [0.2, 0.25) is 0 Å². The minimum Gasteiger partial charge on any atom is -0.342 e. The zero-order chi connectivity index (χ0) is 9.10. The number of H-pyrrole nitrogens is 1. The van der Waals surface area contributed by atoms with Crippen LogP contribution in [-0.4, -0.2) is 31.6 Å². The van der Waals surface area contributed by atoms with Gasteiger partial charge in [-0.2, -0.15) is 0 Å². The van der Waals surface area contributed by atoms with Crippen LogP contribution in [0.15, 0.2) is 17.7 Å². The first-order valence-corrected chi connectivity index (χ1v) is 5.27. The lowest BCUT2D eigenvalue weighted by molar-refractivity contribution is 0.994. The summed E-state index contributed by atoms with van der Waals surface area (Å²) in [6, 6.07) is 0. The van der Waals surface area contributed by atoms with Gasteiger partial charge < -0.3 is 4.98 Å². The summed E-state index contributed by atoms with van der Waals surface area (Å²) in [5.74, 6) is 1.42. The van der Waals surface area contributed by atoms with Crippen LogP contribution in [0.1, 0.15) is 0 Å². The molecule has 0 spiro atoms. The summed E-state index contributed by atoms with van der Waals surface area (Å²) in [4.78, 5) is 15.3. The molecule has 0 saturated carbocycles. The molecule has 1 N–H and O–H groups in total. The van der Waals surface area contributed by atoms with Crippen molar-refractivity contribution in [1.29, 1.82) is 0 Å². The van der Waals surface area contributed by atoms with Crippen LogP contribution in [0.25, 0.3) is 11.2 Å². The third-order valence-electron chi connectivity index (χ3n) is 1.46. The van der Waals surface area contributed by atoms with Crippen molar-refractivity contribution < 1.29 is 0 Å². The van der Waals surface area contributed by atoms with Gasteiger partial charge in [0.05, 0.1) is 12.5 Å². The summed E-state index contributed by atoms with van der Waals surface area (Å²) in [5.41, 5.74) is 1.56. The van der Waals surface area contributed by atoms with E-state index < -0.39 is 0 Å². The Hall–Kier alpha value is -0.810. The fourth-order valence-electron chi connectivity index (χ4n) is 0.920. The van der Waals surface area contributed by atoms with E-state index in [1.54, 1.807) is 12.5 Å². The Balaban J connectivity index is 2.26. The maximum atomic E-state index is 5.55. The van der Waals surface area contributed by atoms with E-state index in [-0.39, 0.29) is 0 Å². The minimum atomic E-state index is 0.604. The molecule has 0 unspecified atom stereocenters. The summed E-state index contributed by atoms with van der Waals surface area (Å²) in [6.45, 7) is 0. The predicted octanol–water partition coefficient (Wildman–Crippen LogP) is 1.68. The van der Waals surface area contributed by atoms with Crippen LogP contribution in [-0.2, 0) is 0 Å². The molecule has 0 radical (unpaired) electrons. The van der Waals surface area contributed by atoms with Crippen LogP contribution in [0.3, 0.4) is 0 Å². The molecule has 2 aromatic heterocycles. The molecule has 4 nitrogen and oxygen atoms in total. The van der Waals surface area contributed by atoms with Gasteiger partial charge in [-0.3, -0.25) is 0 Å². The van der Waals surface area contributed by atoms with Crippen LogP contribution >= 0.6 is 23.4 Å². The van der Waals surface area contributed by atoms with E-state index in [0.29, 0.717) is 11.5 Å². The van der Waals surface area contributed by atoms with Gasteiger partial charge in [0, 0.05) is 11.6 Å². The number of nitrogens with one attached hydrogen (secondary N) is 1. The molecule has 2 aromatic rings. The molecule has 2 heterocycles. The lowest BCUT2D eigenvalue weighted by Gasteiger charge is -1.95. The van der Waals surface area contributed by atoms with Gasteiger partial charge in [0.25, 0.3) is 0 Å². The molecule has 2 rings (SSSR count). The molecule has 0 aliphatic heterocycles. The van der Waals surface area contributed by atoms with E-state index in [1.807, 2.05) is 0 Å². The van der Waals surface area contributed by atoms with E-state index in [4.69, 9.17) is 11.6 Å². The van der Waals surface area contributed by atoms with Crippen molar-refractivity contribution in [1.82, 2.24) is 19.9 Å². The summed E-state index contributed by atoms with van der Waals surface area (Å²) in [7, 11) is 0. The van der Waals surface area contributed by atoms with Crippen molar-refractivity contribution >= 4 is 34.5 Å². The molecule has 68 valence electrons. The molecule has 0 bridgehead atoms. The Morgan fingerprint density at radius 1 is 1.46 bits per heavy atom. The maximum Gasteiger partial charge on any atom is 0.189 e. The average Bonchev–Trinajstić information content (AvgIpc) is 2.61. The van der Waals surface area contributed by atoms with Crippen molar-refractivity contribution in [2.24, 2.45) is 0 Å². The number of hydrogen-bond acceptors (Lipinski definition) is 4. The standard InChI is InChI=1S/C7H7ClN4S/c8-1-2-13-7-9-3-5-6(12-7)11-4-10-5/h3-4H,1-2H2,(H,9,10,11,12). The normalized spacial score (nSPS) is 10.8. The van der Waals surface area contributed by atoms with Gasteiger partial charge >= 0.3 is 0 Å². The lowest BCUT2D eigenvalue weighted by atomic mass is 10.6. The number of hydrogen-bond donors (Lipinski definition) is 1. The molecule has 0 aliphatic rings. The highest BCUT2D eigenvalue weighted by molar-refractivity contribution is 7.99. The van der Waals surface area contributed by atoms with Gasteiger partial charge in [0.15, 0.2) is 10.8 Å². The van der Waals surface area contributed by atoms with E-state index >= 15 is 0 Å². The molecule has 0 aliphatic carbocycles. The largest absolute Gasteiger partial charge is 0.342 e. The van der Waals surface area contributed by atoms with Gasteiger partial charge in [-0.15, -0.1) is 11.6 Å². The van der Waals surface area contributed by atoms with Crippen molar-refractivity contribution in [3.8, 4) is 0 Å². The predicted molar refractivity (Wildman–Crippen MR) is 53.1 cm³/mol. The Morgan fingerprint density at radius 3 is 3.23 bits per heavy atom. The Morgan fingerprint density at radius 2 is 2.38 bits per heavy atom. The third kappa shape index (κ3) is 1.92. The molecule has 6 heteroatoms. The van der Waals surface area contributed by atoms with Gasteiger partial charge in [-0.05, 0) is 0 Å². The van der Waals surface area contributed by atoms with Crippen LogP contribution in [0.2, 0.25) is 0 Å². The lowest BCUT2D eigenvalue weighted by Crippen LogP contribution is -1.88. The highest BCUT2D eigenvalue weighted by atomic mass is 35.5. The highest BCUT2D eigenvalue weighted by Crippen LogP contribution is 2.14. The second-order valence-electron chi connectivity index (χ2n) is 2.33. The second kappa shape index (κ2) is 3.93. The number of alkyl halides is 1. The van der Waals surface area contributed by atoms with E-state index in [1.165, 1.54) is 11.8 Å². The molecular formula is C7H7ClN4S. The number of aromatic nitrogens is 4. The topological polar surface area (TPSA) is 54.5 Å².